The third-order valence-corrected chi connectivity index (χ3v) is 5.03. The molecule has 0 aromatic carbocycles. The number of hydrogen-bond donors (Lipinski definition) is 0. The van der Waals surface area contributed by atoms with Gasteiger partial charge in [0.05, 0.1) is 6.10 Å². The second-order valence-electron chi connectivity index (χ2n) is 7.42. The van der Waals surface area contributed by atoms with Crippen molar-refractivity contribution in [2.24, 2.45) is 0 Å². The number of aryl methyl sites for hydroxylation is 1. The van der Waals surface area contributed by atoms with E-state index in [2.05, 4.69) is 23.7 Å². The van der Waals surface area contributed by atoms with Crippen LogP contribution in [-0.2, 0) is 9.53 Å². The van der Waals surface area contributed by atoms with E-state index in [0.717, 1.165) is 69.4 Å². The summed E-state index contributed by atoms with van der Waals surface area (Å²) in [6.45, 7) is 10.3. The Hall–Kier alpha value is -1.69. The van der Waals surface area contributed by atoms with Gasteiger partial charge in [0, 0.05) is 56.9 Å². The molecule has 138 valence electrons. The molecule has 25 heavy (non-hydrogen) atoms. The molecular formula is C19H30N4O2. The van der Waals surface area contributed by atoms with Gasteiger partial charge in [-0.1, -0.05) is 13.8 Å². The van der Waals surface area contributed by atoms with Gasteiger partial charge in [-0.25, -0.2) is 9.97 Å². The molecule has 0 spiro atoms. The molecule has 0 aliphatic carbocycles. The summed E-state index contributed by atoms with van der Waals surface area (Å²) in [6.07, 6.45) is 4.00. The van der Waals surface area contributed by atoms with Crippen molar-refractivity contribution in [1.82, 2.24) is 14.9 Å². The van der Waals surface area contributed by atoms with Crippen LogP contribution in [-0.4, -0.2) is 59.7 Å². The molecule has 0 unspecified atom stereocenters. The first kappa shape index (κ1) is 18.1. The highest BCUT2D eigenvalue weighted by Crippen LogP contribution is 2.20. The van der Waals surface area contributed by atoms with Crippen LogP contribution in [0.1, 0.15) is 57.0 Å². The molecule has 0 radical (unpaired) electrons. The summed E-state index contributed by atoms with van der Waals surface area (Å²) in [7, 11) is 0. The van der Waals surface area contributed by atoms with Crippen molar-refractivity contribution in [3.05, 3.63) is 17.6 Å². The Bertz CT molecular complexity index is 591. The van der Waals surface area contributed by atoms with Crippen LogP contribution < -0.4 is 4.90 Å². The number of nitrogens with zero attached hydrogens (tertiary/aromatic N) is 4. The zero-order valence-corrected chi connectivity index (χ0v) is 15.7. The van der Waals surface area contributed by atoms with Gasteiger partial charge in [0.1, 0.15) is 11.6 Å². The van der Waals surface area contributed by atoms with Gasteiger partial charge >= 0.3 is 0 Å². The van der Waals surface area contributed by atoms with Gasteiger partial charge in [-0.2, -0.15) is 0 Å². The number of aromatic nitrogens is 2. The van der Waals surface area contributed by atoms with Crippen LogP contribution in [0.4, 0.5) is 5.82 Å². The van der Waals surface area contributed by atoms with E-state index in [1.165, 1.54) is 0 Å². The largest absolute Gasteiger partial charge is 0.378 e. The maximum atomic E-state index is 12.4. The Balaban J connectivity index is 1.52. The predicted molar refractivity (Wildman–Crippen MR) is 97.9 cm³/mol. The van der Waals surface area contributed by atoms with Crippen molar-refractivity contribution in [3.8, 4) is 0 Å². The fraction of sp³-hybridized carbons (Fsp3) is 0.737. The molecule has 2 fully saturated rings. The summed E-state index contributed by atoms with van der Waals surface area (Å²) in [5, 5.41) is 0. The molecule has 0 N–H and O–H groups in total. The van der Waals surface area contributed by atoms with Crippen molar-refractivity contribution >= 4 is 11.7 Å². The second kappa shape index (κ2) is 8.13. The molecule has 1 aromatic heterocycles. The van der Waals surface area contributed by atoms with Crippen LogP contribution in [0, 0.1) is 6.92 Å². The van der Waals surface area contributed by atoms with Crippen LogP contribution in [0.2, 0.25) is 0 Å². The molecule has 2 aliphatic rings. The lowest BCUT2D eigenvalue weighted by Gasteiger charge is -2.36. The third-order valence-electron chi connectivity index (χ3n) is 5.03. The number of ether oxygens (including phenoxy) is 1. The molecule has 6 heteroatoms. The first-order valence-electron chi connectivity index (χ1n) is 9.53. The minimum absolute atomic E-state index is 0.261. The lowest BCUT2D eigenvalue weighted by molar-refractivity contribution is -0.132. The number of amides is 1. The fourth-order valence-electron chi connectivity index (χ4n) is 3.49. The molecule has 2 saturated heterocycles. The smallest absolute Gasteiger partial charge is 0.222 e. The Labute approximate surface area is 150 Å². The van der Waals surface area contributed by atoms with Crippen molar-refractivity contribution in [3.63, 3.8) is 0 Å². The highest BCUT2D eigenvalue weighted by atomic mass is 16.5. The monoisotopic (exact) mass is 346 g/mol. The lowest BCUT2D eigenvalue weighted by Crippen LogP contribution is -2.49. The lowest BCUT2D eigenvalue weighted by atomic mass is 10.1. The van der Waals surface area contributed by atoms with Gasteiger partial charge in [0.25, 0.3) is 0 Å². The molecule has 2 aliphatic heterocycles. The minimum Gasteiger partial charge on any atom is -0.378 e. The van der Waals surface area contributed by atoms with E-state index >= 15 is 0 Å². The molecule has 3 rings (SSSR count). The minimum atomic E-state index is 0.261. The Morgan fingerprint density at radius 3 is 2.68 bits per heavy atom. The SMILES string of the molecule is Cc1cc(N2CCN(C(=O)CC[C@H]3CCCO3)CC2)nc(C(C)C)n1. The van der Waals surface area contributed by atoms with E-state index in [-0.39, 0.29) is 5.91 Å². The van der Waals surface area contributed by atoms with Crippen LogP contribution in [0.5, 0.6) is 0 Å². The Kier molecular flexibility index (Phi) is 5.89. The van der Waals surface area contributed by atoms with Crippen LogP contribution >= 0.6 is 0 Å². The number of carbonyl (C=O) groups excluding carboxylic acids is 1. The van der Waals surface area contributed by atoms with Crippen LogP contribution in [0.15, 0.2) is 6.07 Å². The van der Waals surface area contributed by atoms with E-state index in [0.29, 0.717) is 18.4 Å². The zero-order valence-electron chi connectivity index (χ0n) is 15.7. The standard InChI is InChI=1S/C19H30N4O2/c1-14(2)19-20-15(3)13-17(21-19)22-8-10-23(11-9-22)18(24)7-6-16-5-4-12-25-16/h13-14,16H,4-12H2,1-3H3/t16-/m1/s1. The quantitative estimate of drug-likeness (QED) is 0.820. The molecule has 0 saturated carbocycles. The highest BCUT2D eigenvalue weighted by molar-refractivity contribution is 5.76. The van der Waals surface area contributed by atoms with Crippen molar-refractivity contribution in [2.75, 3.05) is 37.7 Å². The normalized spacial score (nSPS) is 21.2. The van der Waals surface area contributed by atoms with E-state index in [1.807, 2.05) is 17.9 Å². The maximum Gasteiger partial charge on any atom is 0.222 e. The summed E-state index contributed by atoms with van der Waals surface area (Å²) in [4.78, 5) is 25.9. The maximum absolute atomic E-state index is 12.4. The van der Waals surface area contributed by atoms with E-state index in [9.17, 15) is 4.79 Å². The summed E-state index contributed by atoms with van der Waals surface area (Å²) < 4.78 is 5.61. The number of carbonyl (C=O) groups is 1. The average molecular weight is 346 g/mol. The molecular weight excluding hydrogens is 316 g/mol. The second-order valence-corrected chi connectivity index (χ2v) is 7.42. The Morgan fingerprint density at radius 2 is 2.04 bits per heavy atom. The number of hydrogen-bond acceptors (Lipinski definition) is 5. The van der Waals surface area contributed by atoms with Gasteiger partial charge in [-0.3, -0.25) is 4.79 Å². The highest BCUT2D eigenvalue weighted by Gasteiger charge is 2.24. The van der Waals surface area contributed by atoms with Crippen molar-refractivity contribution in [1.29, 1.82) is 0 Å². The fourth-order valence-corrected chi connectivity index (χ4v) is 3.49. The van der Waals surface area contributed by atoms with Crippen LogP contribution in [0.3, 0.4) is 0 Å². The summed E-state index contributed by atoms with van der Waals surface area (Å²) >= 11 is 0. The topological polar surface area (TPSA) is 58.6 Å². The molecule has 6 nitrogen and oxygen atoms in total. The van der Waals surface area contributed by atoms with Gasteiger partial charge in [0.15, 0.2) is 0 Å². The average Bonchev–Trinajstić information content (AvgIpc) is 3.13. The zero-order chi connectivity index (χ0) is 17.8. The predicted octanol–water partition coefficient (Wildman–Crippen LogP) is 2.52. The van der Waals surface area contributed by atoms with E-state index in [4.69, 9.17) is 9.72 Å². The molecule has 1 atom stereocenters. The molecule has 1 aromatic rings. The van der Waals surface area contributed by atoms with Crippen LogP contribution in [0.25, 0.3) is 0 Å². The summed E-state index contributed by atoms with van der Waals surface area (Å²) in [5.41, 5.74) is 1.00. The van der Waals surface area contributed by atoms with Gasteiger partial charge in [0.2, 0.25) is 5.91 Å². The molecule has 0 bridgehead atoms. The van der Waals surface area contributed by atoms with Gasteiger partial charge < -0.3 is 14.5 Å². The Morgan fingerprint density at radius 1 is 1.28 bits per heavy atom. The molecule has 1 amide bonds. The van der Waals surface area contributed by atoms with Crippen molar-refractivity contribution < 1.29 is 9.53 Å². The molecule has 3 heterocycles. The first-order valence-corrected chi connectivity index (χ1v) is 9.53. The van der Waals surface area contributed by atoms with Gasteiger partial charge in [-0.05, 0) is 26.2 Å². The third kappa shape index (κ3) is 4.69. The van der Waals surface area contributed by atoms with E-state index < -0.39 is 0 Å². The first-order chi connectivity index (χ1) is 12.0. The summed E-state index contributed by atoms with van der Waals surface area (Å²) in [5.74, 6) is 2.46. The summed E-state index contributed by atoms with van der Waals surface area (Å²) in [6, 6.07) is 2.04. The van der Waals surface area contributed by atoms with E-state index in [1.54, 1.807) is 0 Å². The number of rotatable bonds is 5. The van der Waals surface area contributed by atoms with Gasteiger partial charge in [-0.15, -0.1) is 0 Å². The van der Waals surface area contributed by atoms with Crippen molar-refractivity contribution in [2.45, 2.75) is 58.5 Å². The number of anilines is 1. The number of piperazine rings is 1.